The molecule has 0 radical (unpaired) electrons. The van der Waals surface area contributed by atoms with Gasteiger partial charge in [-0.25, -0.2) is 9.67 Å². The average molecular weight is 394 g/mol. The van der Waals surface area contributed by atoms with Crippen molar-refractivity contribution in [3.63, 3.8) is 0 Å². The summed E-state index contributed by atoms with van der Waals surface area (Å²) in [5.41, 5.74) is 0.900. The topological polar surface area (TPSA) is 63.1 Å². The summed E-state index contributed by atoms with van der Waals surface area (Å²) in [6.45, 7) is 2.22. The van der Waals surface area contributed by atoms with Crippen LogP contribution in [0.3, 0.4) is 0 Å². The van der Waals surface area contributed by atoms with Crippen LogP contribution >= 0.6 is 11.3 Å². The van der Waals surface area contributed by atoms with Gasteiger partial charge in [-0.05, 0) is 49.4 Å². The van der Waals surface area contributed by atoms with E-state index < -0.39 is 0 Å². The molecule has 4 heterocycles. The number of hydrogen-bond donors (Lipinski definition) is 1. The molecule has 2 atom stereocenters. The number of thiophene rings is 1. The fraction of sp³-hybridized carbons (Fsp3) is 0.381. The maximum absolute atomic E-state index is 13.0. The summed E-state index contributed by atoms with van der Waals surface area (Å²) < 4.78 is 1.77. The molecule has 7 heteroatoms. The highest BCUT2D eigenvalue weighted by Gasteiger charge is 2.37. The monoisotopic (exact) mass is 393 g/mol. The van der Waals surface area contributed by atoms with Gasteiger partial charge in [0.15, 0.2) is 5.82 Å². The summed E-state index contributed by atoms with van der Waals surface area (Å²) in [7, 11) is 0. The van der Waals surface area contributed by atoms with Gasteiger partial charge >= 0.3 is 0 Å². The van der Waals surface area contributed by atoms with E-state index in [9.17, 15) is 4.79 Å². The zero-order valence-electron chi connectivity index (χ0n) is 15.6. The molecule has 2 fully saturated rings. The second kappa shape index (κ2) is 7.48. The van der Waals surface area contributed by atoms with Gasteiger partial charge in [-0.1, -0.05) is 30.7 Å². The first-order valence-electron chi connectivity index (χ1n) is 9.91. The normalized spacial score (nSPS) is 22.1. The molecular weight excluding hydrogens is 370 g/mol. The molecule has 2 saturated heterocycles. The molecule has 0 spiro atoms. The smallest absolute Gasteiger partial charge is 0.291 e. The number of aromatic nitrogens is 3. The lowest BCUT2D eigenvalue weighted by Gasteiger charge is -2.32. The Morgan fingerprint density at radius 2 is 1.96 bits per heavy atom. The van der Waals surface area contributed by atoms with Crippen LogP contribution < -0.4 is 5.32 Å². The van der Waals surface area contributed by atoms with Gasteiger partial charge < -0.3 is 5.32 Å². The molecule has 1 aromatic carbocycles. The molecule has 2 aromatic heterocycles. The minimum atomic E-state index is -0.176. The van der Waals surface area contributed by atoms with Crippen LogP contribution in [0.5, 0.6) is 0 Å². The first-order valence-corrected chi connectivity index (χ1v) is 10.8. The van der Waals surface area contributed by atoms with Crippen LogP contribution in [0.4, 0.5) is 0 Å². The van der Waals surface area contributed by atoms with E-state index in [0.29, 0.717) is 11.9 Å². The molecule has 0 saturated carbocycles. The number of nitrogens with zero attached hydrogens (tertiary/aromatic N) is 4. The second-order valence-electron chi connectivity index (χ2n) is 7.45. The molecule has 3 aromatic rings. The quantitative estimate of drug-likeness (QED) is 0.738. The van der Waals surface area contributed by atoms with E-state index in [0.717, 1.165) is 36.5 Å². The lowest BCUT2D eigenvalue weighted by atomic mass is 9.99. The summed E-state index contributed by atoms with van der Waals surface area (Å²) in [5, 5.41) is 9.79. The summed E-state index contributed by atoms with van der Waals surface area (Å²) in [6, 6.07) is 14.5. The molecule has 2 aliphatic heterocycles. The second-order valence-corrected chi connectivity index (χ2v) is 8.40. The number of benzene rings is 1. The van der Waals surface area contributed by atoms with E-state index in [2.05, 4.69) is 20.3 Å². The van der Waals surface area contributed by atoms with Gasteiger partial charge in [0.2, 0.25) is 5.82 Å². The molecule has 1 amide bonds. The third-order valence-corrected chi connectivity index (χ3v) is 6.59. The highest BCUT2D eigenvalue weighted by Crippen LogP contribution is 2.28. The van der Waals surface area contributed by atoms with Crippen molar-refractivity contribution in [2.24, 2.45) is 0 Å². The number of piperidine rings is 1. The number of hydrogen-bond acceptors (Lipinski definition) is 5. The Hall–Kier alpha value is -2.51. The van der Waals surface area contributed by atoms with Crippen molar-refractivity contribution in [1.82, 2.24) is 25.0 Å². The fourth-order valence-electron chi connectivity index (χ4n) is 4.37. The summed E-state index contributed by atoms with van der Waals surface area (Å²) in [5.74, 6) is 0.767. The van der Waals surface area contributed by atoms with E-state index >= 15 is 0 Å². The molecular formula is C21H23N5OS. The first-order chi connectivity index (χ1) is 13.8. The van der Waals surface area contributed by atoms with Gasteiger partial charge in [0.1, 0.15) is 0 Å². The van der Waals surface area contributed by atoms with Crippen molar-refractivity contribution < 1.29 is 4.79 Å². The van der Waals surface area contributed by atoms with E-state index in [1.165, 1.54) is 12.8 Å². The Labute approximate surface area is 168 Å². The van der Waals surface area contributed by atoms with E-state index in [1.54, 1.807) is 16.0 Å². The van der Waals surface area contributed by atoms with Crippen LogP contribution in [0, 0.1) is 0 Å². The maximum atomic E-state index is 13.0. The molecule has 144 valence electrons. The van der Waals surface area contributed by atoms with Gasteiger partial charge in [0.05, 0.1) is 10.6 Å². The van der Waals surface area contributed by atoms with Crippen LogP contribution in [0.25, 0.3) is 16.4 Å². The van der Waals surface area contributed by atoms with Gasteiger partial charge in [0.25, 0.3) is 5.91 Å². The minimum absolute atomic E-state index is 0.176. The number of fused-ring (bicyclic) bond motifs is 1. The predicted molar refractivity (Wildman–Crippen MR) is 110 cm³/mol. The zero-order chi connectivity index (χ0) is 18.9. The van der Waals surface area contributed by atoms with Crippen molar-refractivity contribution in [2.75, 3.05) is 13.1 Å². The molecule has 0 aliphatic carbocycles. The van der Waals surface area contributed by atoms with Gasteiger partial charge in [-0.2, -0.15) is 0 Å². The van der Waals surface area contributed by atoms with Crippen molar-refractivity contribution in [3.05, 3.63) is 53.7 Å². The van der Waals surface area contributed by atoms with Crippen LogP contribution in [0.15, 0.2) is 47.8 Å². The number of para-hydroxylation sites is 1. The first kappa shape index (κ1) is 17.6. The predicted octanol–water partition coefficient (Wildman–Crippen LogP) is 3.35. The van der Waals surface area contributed by atoms with Crippen molar-refractivity contribution in [3.8, 4) is 16.4 Å². The molecule has 28 heavy (non-hydrogen) atoms. The molecule has 0 bridgehead atoms. The maximum Gasteiger partial charge on any atom is 0.291 e. The average Bonchev–Trinajstić information content (AvgIpc) is 3.48. The highest BCUT2D eigenvalue weighted by molar-refractivity contribution is 7.13. The Morgan fingerprint density at radius 1 is 1.07 bits per heavy atom. The Morgan fingerprint density at radius 3 is 2.79 bits per heavy atom. The Balaban J connectivity index is 1.43. The van der Waals surface area contributed by atoms with Crippen molar-refractivity contribution >= 4 is 17.2 Å². The van der Waals surface area contributed by atoms with E-state index in [-0.39, 0.29) is 17.8 Å². The number of nitrogens with one attached hydrogen (secondary N) is 1. The number of rotatable bonds is 4. The van der Waals surface area contributed by atoms with Crippen LogP contribution in [0.1, 0.15) is 36.3 Å². The van der Waals surface area contributed by atoms with Crippen LogP contribution in [0.2, 0.25) is 0 Å². The number of carbonyl (C=O) groups is 1. The standard InChI is InChI=1S/C21H23N5OS/c27-21(22-16-11-13-25-12-5-4-9-17(16)25)19-23-20(18-10-6-14-28-18)26(24-19)15-7-2-1-3-8-15/h1-3,6-8,10,14,16-17H,4-5,9,11-13H2,(H,22,27)/t16-,17+/m0/s1. The third-order valence-electron chi connectivity index (χ3n) is 5.73. The van der Waals surface area contributed by atoms with Crippen LogP contribution in [-0.2, 0) is 0 Å². The summed E-state index contributed by atoms with van der Waals surface area (Å²) in [4.78, 5) is 21.1. The number of amides is 1. The minimum Gasteiger partial charge on any atom is -0.345 e. The van der Waals surface area contributed by atoms with Crippen molar-refractivity contribution in [2.45, 2.75) is 37.8 Å². The fourth-order valence-corrected chi connectivity index (χ4v) is 5.07. The molecule has 1 N–H and O–H groups in total. The summed E-state index contributed by atoms with van der Waals surface area (Å²) in [6.07, 6.45) is 4.69. The Kier molecular flexibility index (Phi) is 4.70. The van der Waals surface area contributed by atoms with Gasteiger partial charge in [-0.15, -0.1) is 16.4 Å². The third kappa shape index (κ3) is 3.25. The zero-order valence-corrected chi connectivity index (χ0v) is 16.4. The molecule has 2 aliphatic rings. The van der Waals surface area contributed by atoms with Crippen molar-refractivity contribution in [1.29, 1.82) is 0 Å². The SMILES string of the molecule is O=C(N[C@H]1CCN2CCCC[C@H]12)c1nc(-c2cccs2)n(-c2ccccc2)n1. The van der Waals surface area contributed by atoms with E-state index in [1.807, 2.05) is 47.8 Å². The lowest BCUT2D eigenvalue weighted by Crippen LogP contribution is -2.47. The van der Waals surface area contributed by atoms with Crippen LogP contribution in [-0.4, -0.2) is 50.7 Å². The van der Waals surface area contributed by atoms with E-state index in [4.69, 9.17) is 0 Å². The summed E-state index contributed by atoms with van der Waals surface area (Å²) >= 11 is 1.60. The highest BCUT2D eigenvalue weighted by atomic mass is 32.1. The lowest BCUT2D eigenvalue weighted by molar-refractivity contribution is 0.0905. The molecule has 5 rings (SSSR count). The largest absolute Gasteiger partial charge is 0.345 e. The molecule has 6 nitrogen and oxygen atoms in total. The van der Waals surface area contributed by atoms with Gasteiger partial charge in [-0.3, -0.25) is 9.69 Å². The number of carbonyl (C=O) groups excluding carboxylic acids is 1. The molecule has 0 unspecified atom stereocenters. The Bertz CT molecular complexity index is 953. The van der Waals surface area contributed by atoms with Gasteiger partial charge in [0, 0.05) is 18.6 Å².